The molecule has 0 aromatic heterocycles. The Hall–Kier alpha value is -1.40. The van der Waals surface area contributed by atoms with Crippen LogP contribution in [-0.4, -0.2) is 0 Å². The Morgan fingerprint density at radius 1 is 1.10 bits per heavy atom. The predicted molar refractivity (Wildman–Crippen MR) is 75.1 cm³/mol. The molecule has 2 aromatic rings. The number of nitrogen functional groups attached to an aromatic ring is 1. The highest BCUT2D eigenvalue weighted by Gasteiger charge is 2.33. The highest BCUT2D eigenvalue weighted by Crippen LogP contribution is 2.38. The Labute approximate surface area is 126 Å². The molecular formula is C13H8BrClF3NO. The van der Waals surface area contributed by atoms with Crippen molar-refractivity contribution in [2.45, 2.75) is 6.18 Å². The number of rotatable bonds is 2. The van der Waals surface area contributed by atoms with Crippen molar-refractivity contribution in [1.29, 1.82) is 0 Å². The molecule has 20 heavy (non-hydrogen) atoms. The first-order valence-electron chi connectivity index (χ1n) is 5.37. The number of benzene rings is 2. The Morgan fingerprint density at radius 3 is 2.45 bits per heavy atom. The molecule has 0 amide bonds. The third-order valence-corrected chi connectivity index (χ3v) is 3.26. The molecule has 0 aliphatic heterocycles. The third kappa shape index (κ3) is 3.37. The molecule has 0 fully saturated rings. The summed E-state index contributed by atoms with van der Waals surface area (Å²) in [4.78, 5) is 0. The van der Waals surface area contributed by atoms with Crippen LogP contribution in [0.2, 0.25) is 5.02 Å². The van der Waals surface area contributed by atoms with Crippen LogP contribution in [0, 0.1) is 0 Å². The van der Waals surface area contributed by atoms with E-state index in [0.717, 1.165) is 12.1 Å². The number of anilines is 1. The van der Waals surface area contributed by atoms with E-state index < -0.39 is 11.7 Å². The largest absolute Gasteiger partial charge is 0.456 e. The van der Waals surface area contributed by atoms with E-state index in [0.29, 0.717) is 9.50 Å². The summed E-state index contributed by atoms with van der Waals surface area (Å²) in [6, 6.07) is 8.16. The molecule has 0 unspecified atom stereocenters. The summed E-state index contributed by atoms with van der Waals surface area (Å²) < 4.78 is 44.3. The lowest BCUT2D eigenvalue weighted by Gasteiger charge is -2.13. The molecule has 2 N–H and O–H groups in total. The van der Waals surface area contributed by atoms with Crippen LogP contribution >= 0.6 is 27.5 Å². The first-order valence-corrected chi connectivity index (χ1v) is 6.54. The second-order valence-electron chi connectivity index (χ2n) is 3.92. The van der Waals surface area contributed by atoms with Crippen LogP contribution in [0.4, 0.5) is 18.9 Å². The average molecular weight is 367 g/mol. The van der Waals surface area contributed by atoms with Gasteiger partial charge in [0.2, 0.25) is 0 Å². The lowest BCUT2D eigenvalue weighted by Crippen LogP contribution is -2.08. The number of alkyl halides is 3. The monoisotopic (exact) mass is 365 g/mol. The van der Waals surface area contributed by atoms with Gasteiger partial charge in [-0.3, -0.25) is 0 Å². The van der Waals surface area contributed by atoms with Gasteiger partial charge in [-0.1, -0.05) is 27.5 Å². The zero-order chi connectivity index (χ0) is 14.9. The molecule has 2 aromatic carbocycles. The van der Waals surface area contributed by atoms with E-state index in [9.17, 15) is 13.2 Å². The van der Waals surface area contributed by atoms with Crippen LogP contribution in [-0.2, 0) is 6.18 Å². The first-order chi connectivity index (χ1) is 9.27. The molecule has 0 aliphatic rings. The maximum Gasteiger partial charge on any atom is 0.418 e. The Morgan fingerprint density at radius 2 is 1.80 bits per heavy atom. The maximum atomic E-state index is 12.7. The van der Waals surface area contributed by atoms with E-state index in [1.54, 1.807) is 18.2 Å². The van der Waals surface area contributed by atoms with Crippen molar-refractivity contribution in [2.24, 2.45) is 0 Å². The number of ether oxygens (including phenoxy) is 1. The molecule has 0 spiro atoms. The van der Waals surface area contributed by atoms with E-state index >= 15 is 0 Å². The predicted octanol–water partition coefficient (Wildman–Crippen LogP) is 5.50. The number of halogens is 5. The van der Waals surface area contributed by atoms with Gasteiger partial charge in [-0.2, -0.15) is 13.2 Å². The molecule has 0 saturated heterocycles. The summed E-state index contributed by atoms with van der Waals surface area (Å²) in [5.74, 6) is 0.255. The van der Waals surface area contributed by atoms with Crippen molar-refractivity contribution in [2.75, 3.05) is 5.73 Å². The van der Waals surface area contributed by atoms with Crippen LogP contribution in [0.5, 0.6) is 11.5 Å². The van der Waals surface area contributed by atoms with Gasteiger partial charge in [-0.15, -0.1) is 0 Å². The van der Waals surface area contributed by atoms with Crippen LogP contribution in [0.1, 0.15) is 5.56 Å². The summed E-state index contributed by atoms with van der Waals surface area (Å²) >= 11 is 9.14. The zero-order valence-electron chi connectivity index (χ0n) is 9.84. The minimum absolute atomic E-state index is 0.00604. The quantitative estimate of drug-likeness (QED) is 0.713. The molecular weight excluding hydrogens is 358 g/mol. The normalized spacial score (nSPS) is 11.4. The SMILES string of the molecule is Nc1ccc(Oc2cc(Br)ccc2Cl)cc1C(F)(F)F. The Bertz CT molecular complexity index is 646. The van der Waals surface area contributed by atoms with E-state index in [1.807, 2.05) is 0 Å². The molecule has 2 rings (SSSR count). The smallest absolute Gasteiger partial charge is 0.418 e. The summed E-state index contributed by atoms with van der Waals surface area (Å²) in [5, 5.41) is 0.290. The molecule has 0 saturated carbocycles. The fourth-order valence-electron chi connectivity index (χ4n) is 1.53. The number of nitrogens with two attached hydrogens (primary N) is 1. The van der Waals surface area contributed by atoms with Crippen molar-refractivity contribution in [1.82, 2.24) is 0 Å². The minimum atomic E-state index is -4.54. The van der Waals surface area contributed by atoms with Gasteiger partial charge in [0, 0.05) is 10.2 Å². The molecule has 0 aliphatic carbocycles. The van der Waals surface area contributed by atoms with Crippen molar-refractivity contribution >= 4 is 33.2 Å². The zero-order valence-corrected chi connectivity index (χ0v) is 12.2. The lowest BCUT2D eigenvalue weighted by molar-refractivity contribution is -0.137. The van der Waals surface area contributed by atoms with Crippen molar-refractivity contribution in [3.8, 4) is 11.5 Å². The van der Waals surface area contributed by atoms with Crippen LogP contribution in [0.15, 0.2) is 40.9 Å². The van der Waals surface area contributed by atoms with Gasteiger partial charge in [-0.05, 0) is 36.4 Å². The summed E-state index contributed by atoms with van der Waals surface area (Å²) in [7, 11) is 0. The van der Waals surface area contributed by atoms with E-state index in [2.05, 4.69) is 15.9 Å². The number of hydrogen-bond acceptors (Lipinski definition) is 2. The van der Waals surface area contributed by atoms with Crippen LogP contribution in [0.3, 0.4) is 0 Å². The molecule has 0 atom stereocenters. The third-order valence-electron chi connectivity index (χ3n) is 2.45. The maximum absolute atomic E-state index is 12.7. The van der Waals surface area contributed by atoms with Gasteiger partial charge in [0.25, 0.3) is 0 Å². The van der Waals surface area contributed by atoms with Gasteiger partial charge < -0.3 is 10.5 Å². The minimum Gasteiger partial charge on any atom is -0.456 e. The first kappa shape index (κ1) is 15.0. The number of hydrogen-bond donors (Lipinski definition) is 1. The topological polar surface area (TPSA) is 35.2 Å². The summed E-state index contributed by atoms with van der Waals surface area (Å²) in [6.45, 7) is 0. The Kier molecular flexibility index (Phi) is 4.15. The van der Waals surface area contributed by atoms with Crippen molar-refractivity contribution < 1.29 is 17.9 Å². The fourth-order valence-corrected chi connectivity index (χ4v) is 2.02. The van der Waals surface area contributed by atoms with Crippen molar-refractivity contribution in [3.05, 3.63) is 51.5 Å². The molecule has 0 heterocycles. The van der Waals surface area contributed by atoms with Crippen LogP contribution in [0.25, 0.3) is 0 Å². The highest BCUT2D eigenvalue weighted by atomic mass is 79.9. The van der Waals surface area contributed by atoms with Gasteiger partial charge in [0.1, 0.15) is 11.5 Å². The average Bonchev–Trinajstić information content (AvgIpc) is 2.35. The standard InChI is InChI=1S/C13H8BrClF3NO/c14-7-1-3-10(15)12(5-7)20-8-2-4-11(19)9(6-8)13(16,17)18/h1-6H,19H2. The van der Waals surface area contributed by atoms with E-state index in [4.69, 9.17) is 22.1 Å². The van der Waals surface area contributed by atoms with Gasteiger partial charge in [-0.25, -0.2) is 0 Å². The van der Waals surface area contributed by atoms with Crippen LogP contribution < -0.4 is 10.5 Å². The fraction of sp³-hybridized carbons (Fsp3) is 0.0769. The molecule has 0 bridgehead atoms. The van der Waals surface area contributed by atoms with Gasteiger partial charge in [0.05, 0.1) is 10.6 Å². The van der Waals surface area contributed by atoms with E-state index in [-0.39, 0.29) is 17.2 Å². The molecule has 0 radical (unpaired) electrons. The van der Waals surface area contributed by atoms with E-state index in [1.165, 1.54) is 6.07 Å². The highest BCUT2D eigenvalue weighted by molar-refractivity contribution is 9.10. The molecule has 7 heteroatoms. The van der Waals surface area contributed by atoms with Gasteiger partial charge in [0.15, 0.2) is 0 Å². The lowest BCUT2D eigenvalue weighted by atomic mass is 10.1. The van der Waals surface area contributed by atoms with Crippen molar-refractivity contribution in [3.63, 3.8) is 0 Å². The second kappa shape index (κ2) is 5.54. The molecule has 2 nitrogen and oxygen atoms in total. The van der Waals surface area contributed by atoms with Gasteiger partial charge >= 0.3 is 6.18 Å². The Balaban J connectivity index is 2.37. The summed E-state index contributed by atoms with van der Waals surface area (Å²) in [5.41, 5.74) is 4.01. The second-order valence-corrected chi connectivity index (χ2v) is 5.25. The summed E-state index contributed by atoms with van der Waals surface area (Å²) in [6.07, 6.45) is -4.54. The molecule has 106 valence electrons.